The molecule has 130 valence electrons. The van der Waals surface area contributed by atoms with E-state index in [1.165, 1.54) is 22.7 Å². The summed E-state index contributed by atoms with van der Waals surface area (Å²) in [5, 5.41) is 13.5. The molecule has 0 saturated heterocycles. The zero-order valence-electron chi connectivity index (χ0n) is 13.6. The van der Waals surface area contributed by atoms with Crippen LogP contribution in [0.25, 0.3) is 0 Å². The second kappa shape index (κ2) is 7.90. The summed E-state index contributed by atoms with van der Waals surface area (Å²) < 4.78 is 5.67. The summed E-state index contributed by atoms with van der Waals surface area (Å²) in [4.78, 5) is 17.3. The first-order valence-electron chi connectivity index (χ1n) is 7.53. The van der Waals surface area contributed by atoms with Crippen LogP contribution in [0.5, 0.6) is 5.75 Å². The number of carbonyl (C=O) groups is 1. The number of aromatic nitrogens is 3. The van der Waals surface area contributed by atoms with E-state index in [-0.39, 0.29) is 5.91 Å². The molecule has 0 atom stereocenters. The van der Waals surface area contributed by atoms with Gasteiger partial charge >= 0.3 is 0 Å². The lowest BCUT2D eigenvalue weighted by Crippen LogP contribution is -2.11. The molecule has 1 N–H and O–H groups in total. The van der Waals surface area contributed by atoms with Crippen LogP contribution in [0.15, 0.2) is 24.3 Å². The second-order valence-electron chi connectivity index (χ2n) is 5.07. The molecule has 0 fully saturated rings. The lowest BCUT2D eigenvalue weighted by atomic mass is 10.3. The number of hydrogen-bond donors (Lipinski definition) is 1. The number of hydrogen-bond acceptors (Lipinski definition) is 7. The van der Waals surface area contributed by atoms with Gasteiger partial charge in [-0.3, -0.25) is 10.1 Å². The van der Waals surface area contributed by atoms with Crippen molar-refractivity contribution in [3.05, 3.63) is 49.9 Å². The summed E-state index contributed by atoms with van der Waals surface area (Å²) in [5.74, 6) is 0.468. The van der Waals surface area contributed by atoms with E-state index in [1.54, 1.807) is 31.2 Å². The van der Waals surface area contributed by atoms with E-state index >= 15 is 0 Å². The SMILES string of the molecule is CCc1nnc(NC(=O)c2sc(COc3ccc(Cl)cc3)nc2C)s1. The van der Waals surface area contributed by atoms with Crippen LogP contribution < -0.4 is 10.1 Å². The number of carbonyl (C=O) groups excluding carboxylic acids is 1. The van der Waals surface area contributed by atoms with E-state index in [9.17, 15) is 4.79 Å². The van der Waals surface area contributed by atoms with Gasteiger partial charge < -0.3 is 4.74 Å². The Kier molecular flexibility index (Phi) is 5.62. The molecule has 0 aliphatic rings. The molecular weight excluding hydrogens is 380 g/mol. The molecule has 0 radical (unpaired) electrons. The fraction of sp³-hybridized carbons (Fsp3) is 0.250. The number of ether oxygens (including phenoxy) is 1. The highest BCUT2D eigenvalue weighted by atomic mass is 35.5. The first-order valence-corrected chi connectivity index (χ1v) is 9.54. The van der Waals surface area contributed by atoms with Crippen molar-refractivity contribution in [2.45, 2.75) is 26.9 Å². The van der Waals surface area contributed by atoms with Crippen LogP contribution >= 0.6 is 34.3 Å². The summed E-state index contributed by atoms with van der Waals surface area (Å²) in [6.07, 6.45) is 0.791. The molecule has 9 heteroatoms. The van der Waals surface area contributed by atoms with Crippen LogP contribution in [0, 0.1) is 6.92 Å². The summed E-state index contributed by atoms with van der Waals surface area (Å²) in [6, 6.07) is 7.10. The monoisotopic (exact) mass is 394 g/mol. The van der Waals surface area contributed by atoms with Gasteiger partial charge in [0, 0.05) is 5.02 Å². The Morgan fingerprint density at radius 1 is 1.20 bits per heavy atom. The van der Waals surface area contributed by atoms with Crippen molar-refractivity contribution in [2.75, 3.05) is 5.32 Å². The van der Waals surface area contributed by atoms with Crippen molar-refractivity contribution in [1.29, 1.82) is 0 Å². The number of nitrogens with zero attached hydrogens (tertiary/aromatic N) is 3. The first kappa shape index (κ1) is 17.8. The number of nitrogens with one attached hydrogen (secondary N) is 1. The van der Waals surface area contributed by atoms with Crippen LogP contribution in [0.4, 0.5) is 5.13 Å². The van der Waals surface area contributed by atoms with E-state index in [2.05, 4.69) is 20.5 Å². The van der Waals surface area contributed by atoms with Crippen LogP contribution in [-0.2, 0) is 13.0 Å². The van der Waals surface area contributed by atoms with Crippen molar-refractivity contribution in [3.8, 4) is 5.75 Å². The fourth-order valence-corrected chi connectivity index (χ4v) is 3.68. The van der Waals surface area contributed by atoms with Crippen LogP contribution in [0.1, 0.15) is 32.3 Å². The fourth-order valence-electron chi connectivity index (χ4n) is 2.00. The topological polar surface area (TPSA) is 77.0 Å². The third-order valence-electron chi connectivity index (χ3n) is 3.21. The predicted molar refractivity (Wildman–Crippen MR) is 99.9 cm³/mol. The molecule has 25 heavy (non-hydrogen) atoms. The molecule has 3 rings (SSSR count). The minimum absolute atomic E-state index is 0.230. The number of anilines is 1. The Morgan fingerprint density at radius 2 is 1.96 bits per heavy atom. The largest absolute Gasteiger partial charge is 0.486 e. The molecule has 0 aliphatic carbocycles. The minimum Gasteiger partial charge on any atom is -0.486 e. The Labute approximate surface area is 157 Å². The lowest BCUT2D eigenvalue weighted by molar-refractivity contribution is 0.102. The average molecular weight is 395 g/mol. The minimum atomic E-state index is -0.230. The molecular formula is C16H15ClN4O2S2. The van der Waals surface area contributed by atoms with E-state index in [0.717, 1.165) is 16.4 Å². The van der Waals surface area contributed by atoms with Crippen molar-refractivity contribution >= 4 is 45.3 Å². The van der Waals surface area contributed by atoms with Gasteiger partial charge in [0.2, 0.25) is 5.13 Å². The summed E-state index contributed by atoms with van der Waals surface area (Å²) in [5.41, 5.74) is 0.664. The van der Waals surface area contributed by atoms with Gasteiger partial charge in [0.25, 0.3) is 5.91 Å². The Hall–Kier alpha value is -2.03. The van der Waals surface area contributed by atoms with Gasteiger partial charge in [-0.25, -0.2) is 4.98 Å². The van der Waals surface area contributed by atoms with Gasteiger partial charge in [-0.15, -0.1) is 21.5 Å². The maximum Gasteiger partial charge on any atom is 0.269 e. The maximum absolute atomic E-state index is 12.4. The first-order chi connectivity index (χ1) is 12.0. The normalized spacial score (nSPS) is 10.7. The third-order valence-corrected chi connectivity index (χ3v) is 5.58. The summed E-state index contributed by atoms with van der Waals surface area (Å²) in [7, 11) is 0. The average Bonchev–Trinajstić information content (AvgIpc) is 3.20. The van der Waals surface area contributed by atoms with Crippen LogP contribution in [0.2, 0.25) is 5.02 Å². The molecule has 0 bridgehead atoms. The molecule has 0 unspecified atom stereocenters. The second-order valence-corrected chi connectivity index (χ2v) is 7.66. The van der Waals surface area contributed by atoms with Gasteiger partial charge in [0.05, 0.1) is 5.69 Å². The Morgan fingerprint density at radius 3 is 2.64 bits per heavy atom. The smallest absolute Gasteiger partial charge is 0.269 e. The highest BCUT2D eigenvalue weighted by molar-refractivity contribution is 7.16. The van der Waals surface area contributed by atoms with E-state index in [1.807, 2.05) is 6.92 Å². The van der Waals surface area contributed by atoms with Gasteiger partial charge in [0.15, 0.2) is 0 Å². The maximum atomic E-state index is 12.4. The lowest BCUT2D eigenvalue weighted by Gasteiger charge is -2.03. The molecule has 0 spiro atoms. The molecule has 1 amide bonds. The number of benzene rings is 1. The molecule has 3 aromatic rings. The number of aryl methyl sites for hydroxylation is 2. The van der Waals surface area contributed by atoms with Crippen LogP contribution in [0.3, 0.4) is 0 Å². The third kappa shape index (κ3) is 4.53. The number of rotatable bonds is 6. The van der Waals surface area contributed by atoms with Crippen molar-refractivity contribution in [1.82, 2.24) is 15.2 Å². The molecule has 0 saturated carbocycles. The van der Waals surface area contributed by atoms with E-state index in [0.29, 0.717) is 33.1 Å². The quantitative estimate of drug-likeness (QED) is 0.672. The predicted octanol–water partition coefficient (Wildman–Crippen LogP) is 4.35. The van der Waals surface area contributed by atoms with Crippen molar-refractivity contribution < 1.29 is 9.53 Å². The Bertz CT molecular complexity index is 877. The van der Waals surface area contributed by atoms with Gasteiger partial charge in [-0.05, 0) is 37.6 Å². The molecule has 0 aliphatic heterocycles. The zero-order chi connectivity index (χ0) is 17.8. The highest BCUT2D eigenvalue weighted by Gasteiger charge is 2.17. The van der Waals surface area contributed by atoms with Crippen LogP contribution in [-0.4, -0.2) is 21.1 Å². The van der Waals surface area contributed by atoms with Gasteiger partial charge in [0.1, 0.15) is 27.2 Å². The van der Waals surface area contributed by atoms with Crippen molar-refractivity contribution in [2.24, 2.45) is 0 Å². The molecule has 2 aromatic heterocycles. The van der Waals surface area contributed by atoms with Gasteiger partial charge in [-0.1, -0.05) is 29.9 Å². The number of halogens is 1. The summed E-state index contributed by atoms with van der Waals surface area (Å²) in [6.45, 7) is 4.08. The highest BCUT2D eigenvalue weighted by Crippen LogP contribution is 2.23. The van der Waals surface area contributed by atoms with E-state index < -0.39 is 0 Å². The molecule has 2 heterocycles. The zero-order valence-corrected chi connectivity index (χ0v) is 16.0. The number of thiazole rings is 1. The van der Waals surface area contributed by atoms with E-state index in [4.69, 9.17) is 16.3 Å². The van der Waals surface area contributed by atoms with Gasteiger partial charge in [-0.2, -0.15) is 0 Å². The summed E-state index contributed by atoms with van der Waals surface area (Å²) >= 11 is 8.52. The van der Waals surface area contributed by atoms with Crippen molar-refractivity contribution in [3.63, 3.8) is 0 Å². The molecule has 1 aromatic carbocycles. The number of amides is 1. The standard InChI is InChI=1S/C16H15ClN4O2S2/c1-3-12-20-21-16(25-12)19-15(22)14-9(2)18-13(24-14)8-23-11-6-4-10(17)5-7-11/h4-7H,3,8H2,1-2H3,(H,19,21,22). The Balaban J connectivity index is 1.64. The molecule has 6 nitrogen and oxygen atoms in total.